The lowest BCUT2D eigenvalue weighted by Gasteiger charge is -2.30. The highest BCUT2D eigenvalue weighted by Gasteiger charge is 2.27. The molecule has 1 saturated heterocycles. The maximum absolute atomic E-state index is 12.5. The smallest absolute Gasteiger partial charge is 0.319 e. The van der Waals surface area contributed by atoms with Gasteiger partial charge in [-0.15, -0.1) is 0 Å². The van der Waals surface area contributed by atoms with Gasteiger partial charge >= 0.3 is 12.0 Å². The molecular weight excluding hydrogens is 310 g/mol. The van der Waals surface area contributed by atoms with Crippen LogP contribution in [0.2, 0.25) is 0 Å². The van der Waals surface area contributed by atoms with Gasteiger partial charge in [-0.2, -0.15) is 0 Å². The summed E-state index contributed by atoms with van der Waals surface area (Å²) in [4.78, 5) is 36.9. The number of nitrogens with zero attached hydrogens (tertiary/aromatic N) is 1. The van der Waals surface area contributed by atoms with Crippen LogP contribution in [0.1, 0.15) is 37.0 Å². The fourth-order valence-corrected chi connectivity index (χ4v) is 2.67. The Kier molecular flexibility index (Phi) is 5.78. The van der Waals surface area contributed by atoms with E-state index in [2.05, 4.69) is 10.6 Å². The highest BCUT2D eigenvalue weighted by Crippen LogP contribution is 2.20. The molecule has 0 radical (unpaired) electrons. The van der Waals surface area contributed by atoms with Gasteiger partial charge in [0.05, 0.1) is 5.92 Å². The number of nitrogens with one attached hydrogen (secondary N) is 2. The van der Waals surface area contributed by atoms with Crippen LogP contribution in [0, 0.1) is 5.92 Å². The van der Waals surface area contributed by atoms with E-state index in [1.54, 1.807) is 29.2 Å². The molecule has 1 heterocycles. The molecule has 0 atom stereocenters. The number of urea groups is 1. The molecule has 1 aliphatic rings. The quantitative estimate of drug-likeness (QED) is 0.786. The van der Waals surface area contributed by atoms with Crippen LogP contribution in [-0.4, -0.2) is 47.0 Å². The zero-order chi connectivity index (χ0) is 17.7. The molecule has 0 unspecified atom stereocenters. The van der Waals surface area contributed by atoms with Gasteiger partial charge < -0.3 is 20.6 Å². The molecule has 130 valence electrons. The van der Waals surface area contributed by atoms with Crippen molar-refractivity contribution in [1.29, 1.82) is 0 Å². The Hall–Kier alpha value is -2.57. The summed E-state index contributed by atoms with van der Waals surface area (Å²) < 4.78 is 0. The van der Waals surface area contributed by atoms with Gasteiger partial charge in [0.15, 0.2) is 0 Å². The van der Waals surface area contributed by atoms with Crippen molar-refractivity contribution in [3.63, 3.8) is 0 Å². The first-order valence-electron chi connectivity index (χ1n) is 8.06. The van der Waals surface area contributed by atoms with Gasteiger partial charge in [0.1, 0.15) is 0 Å². The molecule has 7 heteroatoms. The average molecular weight is 333 g/mol. The molecule has 0 spiro atoms. The summed E-state index contributed by atoms with van der Waals surface area (Å²) in [7, 11) is 0. The molecule has 0 bridgehead atoms. The molecule has 0 aromatic heterocycles. The standard InChI is InChI=1S/C17H23N3O4/c1-11(2)18-17(24)19-14-5-3-4-13(10-14)15(21)20-8-6-12(7-9-20)16(22)23/h3-5,10-12H,6-9H2,1-2H3,(H,22,23)(H2,18,19,24). The molecule has 3 N–H and O–H groups in total. The summed E-state index contributed by atoms with van der Waals surface area (Å²) in [6.07, 6.45) is 0.936. The predicted molar refractivity (Wildman–Crippen MR) is 90.0 cm³/mol. The van der Waals surface area contributed by atoms with Crippen molar-refractivity contribution in [2.45, 2.75) is 32.7 Å². The minimum atomic E-state index is -0.801. The second kappa shape index (κ2) is 7.81. The molecule has 1 fully saturated rings. The number of anilines is 1. The minimum Gasteiger partial charge on any atom is -0.481 e. The molecule has 1 aliphatic heterocycles. The van der Waals surface area contributed by atoms with E-state index in [-0.39, 0.29) is 23.9 Å². The Labute approximate surface area is 141 Å². The molecule has 0 saturated carbocycles. The lowest BCUT2D eigenvalue weighted by atomic mass is 9.96. The van der Waals surface area contributed by atoms with Gasteiger partial charge in [0.25, 0.3) is 5.91 Å². The van der Waals surface area contributed by atoms with Crippen LogP contribution in [0.15, 0.2) is 24.3 Å². The first-order valence-corrected chi connectivity index (χ1v) is 8.06. The zero-order valence-corrected chi connectivity index (χ0v) is 13.9. The second-order valence-electron chi connectivity index (χ2n) is 6.24. The van der Waals surface area contributed by atoms with E-state index in [4.69, 9.17) is 5.11 Å². The molecule has 3 amide bonds. The Bertz CT molecular complexity index is 622. The van der Waals surface area contributed by atoms with Crippen LogP contribution < -0.4 is 10.6 Å². The number of amides is 3. The fourth-order valence-electron chi connectivity index (χ4n) is 2.67. The third-order valence-electron chi connectivity index (χ3n) is 3.92. The molecule has 1 aromatic rings. The number of carboxylic acid groups (broad SMARTS) is 1. The predicted octanol–water partition coefficient (Wildman–Crippen LogP) is 2.15. The van der Waals surface area contributed by atoms with Crippen molar-refractivity contribution in [1.82, 2.24) is 10.2 Å². The molecular formula is C17H23N3O4. The van der Waals surface area contributed by atoms with Crippen LogP contribution in [0.25, 0.3) is 0 Å². The van der Waals surface area contributed by atoms with Crippen molar-refractivity contribution in [3.8, 4) is 0 Å². The number of hydrogen-bond donors (Lipinski definition) is 3. The Morgan fingerprint density at radius 3 is 2.46 bits per heavy atom. The average Bonchev–Trinajstić information content (AvgIpc) is 2.53. The summed E-state index contributed by atoms with van der Waals surface area (Å²) in [5.74, 6) is -1.32. The first-order chi connectivity index (χ1) is 11.4. The number of benzene rings is 1. The highest BCUT2D eigenvalue weighted by atomic mass is 16.4. The summed E-state index contributed by atoms with van der Waals surface area (Å²) in [5, 5.41) is 14.4. The van der Waals surface area contributed by atoms with Crippen LogP contribution in [0.4, 0.5) is 10.5 Å². The van der Waals surface area contributed by atoms with Gasteiger partial charge in [-0.3, -0.25) is 9.59 Å². The largest absolute Gasteiger partial charge is 0.481 e. The number of carbonyl (C=O) groups is 3. The maximum Gasteiger partial charge on any atom is 0.319 e. The van der Waals surface area contributed by atoms with Crippen LogP contribution >= 0.6 is 0 Å². The van der Waals surface area contributed by atoms with E-state index in [0.717, 1.165) is 0 Å². The third kappa shape index (κ3) is 4.71. The van der Waals surface area contributed by atoms with E-state index < -0.39 is 5.97 Å². The van der Waals surface area contributed by atoms with Crippen LogP contribution in [-0.2, 0) is 4.79 Å². The fraction of sp³-hybridized carbons (Fsp3) is 0.471. The molecule has 2 rings (SSSR count). The Morgan fingerprint density at radius 2 is 1.88 bits per heavy atom. The third-order valence-corrected chi connectivity index (χ3v) is 3.92. The first kappa shape index (κ1) is 17.8. The summed E-state index contributed by atoms with van der Waals surface area (Å²) >= 11 is 0. The lowest BCUT2D eigenvalue weighted by molar-refractivity contribution is -0.143. The number of piperidine rings is 1. The SMILES string of the molecule is CC(C)NC(=O)Nc1cccc(C(=O)N2CCC(C(=O)O)CC2)c1. The number of aliphatic carboxylic acids is 1. The normalized spacial score (nSPS) is 15.2. The van der Waals surface area contributed by atoms with Gasteiger partial charge in [0, 0.05) is 30.4 Å². The van der Waals surface area contributed by atoms with E-state index >= 15 is 0 Å². The molecule has 1 aromatic carbocycles. The van der Waals surface area contributed by atoms with Gasteiger partial charge in [-0.25, -0.2) is 4.79 Å². The Balaban J connectivity index is 1.99. The van der Waals surface area contributed by atoms with E-state index in [9.17, 15) is 14.4 Å². The topological polar surface area (TPSA) is 98.7 Å². The van der Waals surface area contributed by atoms with E-state index in [0.29, 0.717) is 37.2 Å². The van der Waals surface area contributed by atoms with Crippen LogP contribution in [0.5, 0.6) is 0 Å². The summed E-state index contributed by atoms with van der Waals surface area (Å²) in [5.41, 5.74) is 1.02. The number of likely N-dealkylation sites (tertiary alicyclic amines) is 1. The van der Waals surface area contributed by atoms with E-state index in [1.807, 2.05) is 13.8 Å². The van der Waals surface area contributed by atoms with Crippen molar-refractivity contribution in [2.24, 2.45) is 5.92 Å². The second-order valence-corrected chi connectivity index (χ2v) is 6.24. The van der Waals surface area contributed by atoms with Crippen molar-refractivity contribution >= 4 is 23.6 Å². The zero-order valence-electron chi connectivity index (χ0n) is 13.9. The van der Waals surface area contributed by atoms with E-state index in [1.165, 1.54) is 0 Å². The van der Waals surface area contributed by atoms with Gasteiger partial charge in [0.2, 0.25) is 0 Å². The molecule has 24 heavy (non-hydrogen) atoms. The van der Waals surface area contributed by atoms with Crippen molar-refractivity contribution in [3.05, 3.63) is 29.8 Å². The summed E-state index contributed by atoms with van der Waals surface area (Å²) in [6.45, 7) is 4.59. The summed E-state index contributed by atoms with van der Waals surface area (Å²) in [6, 6.07) is 6.44. The number of carbonyl (C=O) groups excluding carboxylic acids is 2. The monoisotopic (exact) mass is 333 g/mol. The number of rotatable bonds is 4. The highest BCUT2D eigenvalue weighted by molar-refractivity contribution is 5.97. The van der Waals surface area contributed by atoms with Crippen molar-refractivity contribution < 1.29 is 19.5 Å². The molecule has 7 nitrogen and oxygen atoms in total. The maximum atomic E-state index is 12.5. The Morgan fingerprint density at radius 1 is 1.21 bits per heavy atom. The number of hydrogen-bond acceptors (Lipinski definition) is 3. The lowest BCUT2D eigenvalue weighted by Crippen LogP contribution is -2.40. The number of carboxylic acids is 1. The minimum absolute atomic E-state index is 0.0188. The van der Waals surface area contributed by atoms with Gasteiger partial charge in [-0.1, -0.05) is 6.07 Å². The molecule has 0 aliphatic carbocycles. The van der Waals surface area contributed by atoms with Gasteiger partial charge in [-0.05, 0) is 44.9 Å². The van der Waals surface area contributed by atoms with Crippen LogP contribution in [0.3, 0.4) is 0 Å². The van der Waals surface area contributed by atoms with Crippen molar-refractivity contribution in [2.75, 3.05) is 18.4 Å².